The van der Waals surface area contributed by atoms with Crippen molar-refractivity contribution in [2.75, 3.05) is 12.8 Å². The summed E-state index contributed by atoms with van der Waals surface area (Å²) in [5.41, 5.74) is 7.69. The molecule has 1 fully saturated rings. The Morgan fingerprint density at radius 2 is 2.24 bits per heavy atom. The second-order valence-electron chi connectivity index (χ2n) is 4.37. The molecule has 4 heteroatoms. The van der Waals surface area contributed by atoms with E-state index in [4.69, 9.17) is 10.5 Å². The molecular weight excluding hydrogens is 234 g/mol. The topological polar surface area (TPSA) is 52.3 Å². The first-order valence-corrected chi connectivity index (χ1v) is 6.61. The van der Waals surface area contributed by atoms with Gasteiger partial charge in [0.15, 0.2) is 0 Å². The van der Waals surface area contributed by atoms with Gasteiger partial charge >= 0.3 is 5.97 Å². The van der Waals surface area contributed by atoms with Gasteiger partial charge in [-0.3, -0.25) is 4.79 Å². The van der Waals surface area contributed by atoms with Gasteiger partial charge in [-0.25, -0.2) is 0 Å². The van der Waals surface area contributed by atoms with Gasteiger partial charge in [0.1, 0.15) is 5.25 Å². The lowest BCUT2D eigenvalue weighted by Crippen LogP contribution is -2.21. The maximum absolute atomic E-state index is 11.7. The standard InChI is InChI=1S/C13H17NO2S/c1-8-10(14)4-3-5-11(8)17-12(9-6-7-9)13(15)16-2/h3-5,9,12H,6-7,14H2,1-2H3. The molecule has 0 radical (unpaired) electrons. The van der Waals surface area contributed by atoms with Crippen LogP contribution in [-0.4, -0.2) is 18.3 Å². The molecule has 0 amide bonds. The normalized spacial score (nSPS) is 16.6. The summed E-state index contributed by atoms with van der Waals surface area (Å²) < 4.78 is 4.86. The first-order chi connectivity index (χ1) is 8.13. The molecule has 1 unspecified atom stereocenters. The summed E-state index contributed by atoms with van der Waals surface area (Å²) in [5.74, 6) is 0.340. The average Bonchev–Trinajstić information content (AvgIpc) is 3.14. The van der Waals surface area contributed by atoms with Crippen LogP contribution in [0.25, 0.3) is 0 Å². The molecule has 2 rings (SSSR count). The summed E-state index contributed by atoms with van der Waals surface area (Å²) in [6.45, 7) is 1.99. The lowest BCUT2D eigenvalue weighted by molar-refractivity contribution is -0.140. The molecule has 0 heterocycles. The number of thioether (sulfide) groups is 1. The van der Waals surface area contributed by atoms with Gasteiger partial charge in [-0.2, -0.15) is 0 Å². The van der Waals surface area contributed by atoms with Gasteiger partial charge in [0, 0.05) is 10.6 Å². The van der Waals surface area contributed by atoms with Crippen molar-refractivity contribution < 1.29 is 9.53 Å². The molecule has 1 saturated carbocycles. The Hall–Kier alpha value is -1.16. The highest BCUT2D eigenvalue weighted by Crippen LogP contribution is 2.43. The van der Waals surface area contributed by atoms with E-state index in [9.17, 15) is 4.79 Å². The van der Waals surface area contributed by atoms with Crippen LogP contribution in [0.15, 0.2) is 23.1 Å². The van der Waals surface area contributed by atoms with Gasteiger partial charge in [-0.1, -0.05) is 6.07 Å². The number of rotatable bonds is 4. The predicted molar refractivity (Wildman–Crippen MR) is 70.0 cm³/mol. The second kappa shape index (κ2) is 5.00. The van der Waals surface area contributed by atoms with E-state index in [1.54, 1.807) is 11.8 Å². The molecule has 1 aromatic carbocycles. The third-order valence-electron chi connectivity index (χ3n) is 3.06. The Bertz CT molecular complexity index is 429. The minimum Gasteiger partial charge on any atom is -0.468 e. The summed E-state index contributed by atoms with van der Waals surface area (Å²) in [6, 6.07) is 5.81. The van der Waals surface area contributed by atoms with Crippen molar-refractivity contribution in [3.8, 4) is 0 Å². The average molecular weight is 251 g/mol. The Balaban J connectivity index is 2.17. The molecule has 1 aliphatic carbocycles. The van der Waals surface area contributed by atoms with Gasteiger partial charge in [-0.05, 0) is 43.4 Å². The van der Waals surface area contributed by atoms with Gasteiger partial charge in [0.2, 0.25) is 0 Å². The molecule has 0 saturated heterocycles. The van der Waals surface area contributed by atoms with Gasteiger partial charge < -0.3 is 10.5 Å². The number of hydrogen-bond acceptors (Lipinski definition) is 4. The van der Waals surface area contributed by atoms with Crippen LogP contribution in [0, 0.1) is 12.8 Å². The lowest BCUT2D eigenvalue weighted by Gasteiger charge is -2.15. The number of hydrogen-bond donors (Lipinski definition) is 1. The number of benzene rings is 1. The predicted octanol–water partition coefficient (Wildman–Crippen LogP) is 2.62. The fourth-order valence-electron chi connectivity index (χ4n) is 1.75. The molecule has 17 heavy (non-hydrogen) atoms. The van der Waals surface area contributed by atoms with Crippen molar-refractivity contribution in [1.82, 2.24) is 0 Å². The molecule has 2 N–H and O–H groups in total. The van der Waals surface area contributed by atoms with E-state index in [2.05, 4.69) is 0 Å². The summed E-state index contributed by atoms with van der Waals surface area (Å²) >= 11 is 1.58. The van der Waals surface area contributed by atoms with E-state index in [1.165, 1.54) is 7.11 Å². The second-order valence-corrected chi connectivity index (χ2v) is 5.55. The monoisotopic (exact) mass is 251 g/mol. The quantitative estimate of drug-likeness (QED) is 0.508. The summed E-state index contributed by atoms with van der Waals surface area (Å²) in [5, 5.41) is -0.0829. The maximum Gasteiger partial charge on any atom is 0.319 e. The molecule has 0 bridgehead atoms. The fraction of sp³-hybridized carbons (Fsp3) is 0.462. The van der Waals surface area contributed by atoms with Crippen LogP contribution in [0.4, 0.5) is 5.69 Å². The van der Waals surface area contributed by atoms with E-state index >= 15 is 0 Å². The number of nitrogens with two attached hydrogens (primary N) is 1. The zero-order valence-corrected chi connectivity index (χ0v) is 10.9. The van der Waals surface area contributed by atoms with Crippen molar-refractivity contribution in [3.05, 3.63) is 23.8 Å². The molecule has 0 aromatic heterocycles. The highest BCUT2D eigenvalue weighted by Gasteiger charge is 2.37. The largest absolute Gasteiger partial charge is 0.468 e. The number of ether oxygens (including phenoxy) is 1. The maximum atomic E-state index is 11.7. The molecule has 1 aliphatic rings. The van der Waals surface area contributed by atoms with Crippen LogP contribution in [0.1, 0.15) is 18.4 Å². The van der Waals surface area contributed by atoms with E-state index < -0.39 is 0 Å². The number of carbonyl (C=O) groups excluding carboxylic acids is 1. The van der Waals surface area contributed by atoms with Crippen LogP contribution in [-0.2, 0) is 9.53 Å². The molecule has 0 aliphatic heterocycles. The molecule has 3 nitrogen and oxygen atoms in total. The first-order valence-electron chi connectivity index (χ1n) is 5.73. The van der Waals surface area contributed by atoms with Gasteiger partial charge in [0.05, 0.1) is 7.11 Å². The SMILES string of the molecule is COC(=O)C(Sc1cccc(N)c1C)C1CC1. The molecular formula is C13H17NO2S. The minimum absolute atomic E-state index is 0.0829. The van der Waals surface area contributed by atoms with E-state index in [-0.39, 0.29) is 11.2 Å². The van der Waals surface area contributed by atoms with Crippen molar-refractivity contribution in [2.45, 2.75) is 29.9 Å². The van der Waals surface area contributed by atoms with Crippen LogP contribution in [0.2, 0.25) is 0 Å². The van der Waals surface area contributed by atoms with Crippen LogP contribution in [0.5, 0.6) is 0 Å². The van der Waals surface area contributed by atoms with Crippen molar-refractivity contribution in [1.29, 1.82) is 0 Å². The summed E-state index contributed by atoms with van der Waals surface area (Å²) in [7, 11) is 1.45. The number of anilines is 1. The number of esters is 1. The lowest BCUT2D eigenvalue weighted by atomic mass is 10.2. The van der Waals surface area contributed by atoms with Crippen molar-refractivity contribution in [2.24, 2.45) is 5.92 Å². The third kappa shape index (κ3) is 2.75. The Morgan fingerprint density at radius 1 is 1.53 bits per heavy atom. The van der Waals surface area contributed by atoms with Gasteiger partial charge in [0.25, 0.3) is 0 Å². The summed E-state index contributed by atoms with van der Waals surface area (Å²) in [4.78, 5) is 12.8. The highest BCUT2D eigenvalue weighted by molar-refractivity contribution is 8.00. The Labute approximate surface area is 106 Å². The number of methoxy groups -OCH3 is 1. The van der Waals surface area contributed by atoms with Gasteiger partial charge in [-0.15, -0.1) is 11.8 Å². The number of carbonyl (C=O) groups is 1. The third-order valence-corrected chi connectivity index (χ3v) is 4.59. The van der Waals surface area contributed by atoms with Crippen LogP contribution < -0.4 is 5.73 Å². The van der Waals surface area contributed by atoms with Crippen LogP contribution in [0.3, 0.4) is 0 Å². The summed E-state index contributed by atoms with van der Waals surface area (Å²) in [6.07, 6.45) is 2.24. The smallest absolute Gasteiger partial charge is 0.319 e. The highest BCUT2D eigenvalue weighted by atomic mass is 32.2. The molecule has 1 atom stereocenters. The van der Waals surface area contributed by atoms with E-state index in [0.717, 1.165) is 29.0 Å². The fourth-order valence-corrected chi connectivity index (χ4v) is 3.13. The molecule has 1 aromatic rings. The van der Waals surface area contributed by atoms with Crippen molar-refractivity contribution >= 4 is 23.4 Å². The first kappa shape index (κ1) is 12.3. The van der Waals surface area contributed by atoms with E-state index in [0.29, 0.717) is 5.92 Å². The Morgan fingerprint density at radius 3 is 2.82 bits per heavy atom. The molecule has 92 valence electrons. The molecule has 0 spiro atoms. The van der Waals surface area contributed by atoms with E-state index in [1.807, 2.05) is 25.1 Å². The van der Waals surface area contributed by atoms with Crippen LogP contribution >= 0.6 is 11.8 Å². The Kier molecular flexibility index (Phi) is 3.62. The van der Waals surface area contributed by atoms with Crippen molar-refractivity contribution in [3.63, 3.8) is 0 Å². The minimum atomic E-state index is -0.126. The zero-order chi connectivity index (χ0) is 12.4. The zero-order valence-electron chi connectivity index (χ0n) is 10.1. The number of nitrogen functional groups attached to an aromatic ring is 1.